The van der Waals surface area contributed by atoms with E-state index in [1.54, 1.807) is 24.5 Å². The average Bonchev–Trinajstić information content (AvgIpc) is 3.12. The molecule has 0 aromatic carbocycles. The van der Waals surface area contributed by atoms with Crippen molar-refractivity contribution in [2.24, 2.45) is 0 Å². The zero-order valence-electron chi connectivity index (χ0n) is 16.4. The molecule has 0 radical (unpaired) electrons. The Kier molecular flexibility index (Phi) is 4.58. The number of rotatable bonds is 2. The molecule has 2 aliphatic heterocycles. The first-order valence-corrected chi connectivity index (χ1v) is 10.3. The highest BCUT2D eigenvalue weighted by molar-refractivity contribution is 5.94. The number of carbonyl (C=O) groups is 1. The van der Waals surface area contributed by atoms with Crippen LogP contribution in [0.25, 0.3) is 0 Å². The van der Waals surface area contributed by atoms with Gasteiger partial charge in [0, 0.05) is 49.6 Å². The second-order valence-corrected chi connectivity index (χ2v) is 8.17. The number of anilines is 1. The summed E-state index contributed by atoms with van der Waals surface area (Å²) in [6, 6.07) is 3.59. The highest BCUT2D eigenvalue weighted by Gasteiger charge is 2.46. The molecule has 1 spiro atoms. The number of aromatic nitrogens is 3. The smallest absolute Gasteiger partial charge is 0.255 e. The summed E-state index contributed by atoms with van der Waals surface area (Å²) in [5.74, 6) is 0.637. The molecule has 0 saturated carbocycles. The molecular weight excluding hydrogens is 370 g/mol. The van der Waals surface area contributed by atoms with Crippen molar-refractivity contribution in [1.29, 1.82) is 0 Å². The van der Waals surface area contributed by atoms with Crippen molar-refractivity contribution in [1.82, 2.24) is 19.9 Å². The Balaban J connectivity index is 1.47. The van der Waals surface area contributed by atoms with E-state index >= 15 is 0 Å². The Labute approximate surface area is 168 Å². The number of morpholine rings is 1. The van der Waals surface area contributed by atoms with Crippen LogP contribution in [0.2, 0.25) is 0 Å². The topological polar surface area (TPSA) is 91.4 Å². The summed E-state index contributed by atoms with van der Waals surface area (Å²) in [5.41, 5.74) is 2.02. The van der Waals surface area contributed by atoms with Gasteiger partial charge < -0.3 is 14.5 Å². The van der Waals surface area contributed by atoms with Crippen molar-refractivity contribution in [3.63, 3.8) is 0 Å². The van der Waals surface area contributed by atoms with E-state index < -0.39 is 0 Å². The predicted octanol–water partition coefficient (Wildman–Crippen LogP) is 1.12. The molecule has 5 rings (SSSR count). The summed E-state index contributed by atoms with van der Waals surface area (Å²) in [6.45, 7) is 4.05. The number of aromatic amines is 1. The van der Waals surface area contributed by atoms with Gasteiger partial charge >= 0.3 is 0 Å². The third-order valence-electron chi connectivity index (χ3n) is 6.44. The van der Waals surface area contributed by atoms with E-state index in [4.69, 9.17) is 9.72 Å². The van der Waals surface area contributed by atoms with E-state index in [9.17, 15) is 9.59 Å². The number of H-pyrrole nitrogens is 1. The zero-order valence-corrected chi connectivity index (χ0v) is 16.4. The maximum Gasteiger partial charge on any atom is 0.255 e. The molecule has 3 aliphatic rings. The third kappa shape index (κ3) is 3.21. The summed E-state index contributed by atoms with van der Waals surface area (Å²) < 4.78 is 5.43. The number of nitrogens with zero attached hydrogens (tertiary/aromatic N) is 4. The minimum Gasteiger partial charge on any atom is -0.378 e. The van der Waals surface area contributed by atoms with Gasteiger partial charge in [-0.15, -0.1) is 0 Å². The molecule has 2 saturated heterocycles. The van der Waals surface area contributed by atoms with Gasteiger partial charge in [-0.2, -0.15) is 0 Å². The van der Waals surface area contributed by atoms with Gasteiger partial charge in [-0.1, -0.05) is 0 Å². The fourth-order valence-electron chi connectivity index (χ4n) is 4.94. The molecule has 1 amide bonds. The first-order chi connectivity index (χ1) is 14.2. The summed E-state index contributed by atoms with van der Waals surface area (Å²) in [7, 11) is 0. The number of piperidine rings is 1. The highest BCUT2D eigenvalue weighted by Crippen LogP contribution is 2.43. The first-order valence-electron chi connectivity index (χ1n) is 10.3. The molecule has 2 aromatic heterocycles. The van der Waals surface area contributed by atoms with Crippen molar-refractivity contribution in [3.05, 3.63) is 51.7 Å². The number of ether oxygens (including phenoxy) is 1. The Morgan fingerprint density at radius 3 is 2.86 bits per heavy atom. The van der Waals surface area contributed by atoms with Crippen molar-refractivity contribution < 1.29 is 9.53 Å². The van der Waals surface area contributed by atoms with Crippen LogP contribution in [0.1, 0.15) is 40.9 Å². The van der Waals surface area contributed by atoms with Crippen molar-refractivity contribution >= 4 is 11.9 Å². The monoisotopic (exact) mass is 395 g/mol. The molecule has 4 heterocycles. The second kappa shape index (κ2) is 7.26. The summed E-state index contributed by atoms with van der Waals surface area (Å²) >= 11 is 0. The van der Waals surface area contributed by atoms with E-state index in [0.717, 1.165) is 56.6 Å². The molecule has 1 N–H and O–H groups in total. The van der Waals surface area contributed by atoms with Gasteiger partial charge in [-0.3, -0.25) is 19.6 Å². The summed E-state index contributed by atoms with van der Waals surface area (Å²) in [6.07, 6.45) is 6.73. The lowest BCUT2D eigenvalue weighted by Crippen LogP contribution is -2.48. The maximum absolute atomic E-state index is 13.0. The Morgan fingerprint density at radius 2 is 2.07 bits per heavy atom. The van der Waals surface area contributed by atoms with Crippen LogP contribution in [-0.4, -0.2) is 65.2 Å². The maximum atomic E-state index is 13.0. The number of nitrogens with one attached hydrogen (secondary N) is 1. The lowest BCUT2D eigenvalue weighted by molar-refractivity contribution is 0.0633. The number of likely N-dealkylation sites (tertiary alicyclic amines) is 1. The predicted molar refractivity (Wildman–Crippen MR) is 107 cm³/mol. The van der Waals surface area contributed by atoms with Crippen LogP contribution in [-0.2, 0) is 16.6 Å². The van der Waals surface area contributed by atoms with Crippen molar-refractivity contribution in [2.75, 3.05) is 44.3 Å². The first kappa shape index (κ1) is 18.3. The SMILES string of the molecule is O=C(c1cccnc1)N1CCCC2(CCc3c2nc(N2CCOCC2)[nH]c3=O)C1. The molecule has 152 valence electrons. The van der Waals surface area contributed by atoms with Crippen LogP contribution in [0.3, 0.4) is 0 Å². The fourth-order valence-corrected chi connectivity index (χ4v) is 4.94. The standard InChI is InChI=1S/C21H25N5O3/c27-18-16-4-6-21(17(16)23-20(24-18)25-9-11-29-12-10-25)5-2-8-26(14-21)19(28)15-3-1-7-22-13-15/h1,3,7,13H,2,4-6,8-12,14H2,(H,23,24,27). The number of amides is 1. The largest absolute Gasteiger partial charge is 0.378 e. The quantitative estimate of drug-likeness (QED) is 0.820. The van der Waals surface area contributed by atoms with Crippen LogP contribution in [0.5, 0.6) is 0 Å². The van der Waals surface area contributed by atoms with Crippen LogP contribution in [0.4, 0.5) is 5.95 Å². The molecule has 1 unspecified atom stereocenters. The van der Waals surface area contributed by atoms with Gasteiger partial charge in [0.2, 0.25) is 5.95 Å². The Morgan fingerprint density at radius 1 is 1.21 bits per heavy atom. The normalized spacial score (nSPS) is 24.0. The molecule has 0 bridgehead atoms. The van der Waals surface area contributed by atoms with Gasteiger partial charge in [0.05, 0.1) is 24.5 Å². The molecule has 29 heavy (non-hydrogen) atoms. The van der Waals surface area contributed by atoms with Crippen molar-refractivity contribution in [3.8, 4) is 0 Å². The van der Waals surface area contributed by atoms with E-state index in [1.807, 2.05) is 4.90 Å². The second-order valence-electron chi connectivity index (χ2n) is 8.17. The molecule has 2 aromatic rings. The van der Waals surface area contributed by atoms with Gasteiger partial charge in [0.1, 0.15) is 0 Å². The molecule has 8 nitrogen and oxygen atoms in total. The molecule has 2 fully saturated rings. The lowest BCUT2D eigenvalue weighted by Gasteiger charge is -2.40. The number of hydrogen-bond acceptors (Lipinski definition) is 6. The van der Waals surface area contributed by atoms with Crippen LogP contribution < -0.4 is 10.5 Å². The molecule has 8 heteroatoms. The van der Waals surface area contributed by atoms with Crippen molar-refractivity contribution in [2.45, 2.75) is 31.1 Å². The minimum atomic E-state index is -0.235. The number of fused-ring (bicyclic) bond motifs is 2. The molecular formula is C21H25N5O3. The fraction of sp³-hybridized carbons (Fsp3) is 0.524. The third-order valence-corrected chi connectivity index (χ3v) is 6.44. The van der Waals surface area contributed by atoms with Crippen LogP contribution >= 0.6 is 0 Å². The van der Waals surface area contributed by atoms with Gasteiger partial charge in [0.15, 0.2) is 0 Å². The Bertz CT molecular complexity index is 970. The zero-order chi connectivity index (χ0) is 19.8. The summed E-state index contributed by atoms with van der Waals surface area (Å²) in [5, 5.41) is 0. The van der Waals surface area contributed by atoms with Gasteiger partial charge in [0.25, 0.3) is 11.5 Å². The number of hydrogen-bond donors (Lipinski definition) is 1. The lowest BCUT2D eigenvalue weighted by atomic mass is 9.77. The number of carbonyl (C=O) groups excluding carboxylic acids is 1. The minimum absolute atomic E-state index is 0.00358. The summed E-state index contributed by atoms with van der Waals surface area (Å²) in [4.78, 5) is 41.8. The van der Waals surface area contributed by atoms with E-state index in [1.165, 1.54) is 0 Å². The average molecular weight is 395 g/mol. The van der Waals surface area contributed by atoms with E-state index in [0.29, 0.717) is 31.3 Å². The van der Waals surface area contributed by atoms with E-state index in [-0.39, 0.29) is 16.9 Å². The van der Waals surface area contributed by atoms with Gasteiger partial charge in [-0.25, -0.2) is 4.98 Å². The van der Waals surface area contributed by atoms with Gasteiger partial charge in [-0.05, 0) is 37.8 Å². The molecule has 1 aliphatic carbocycles. The van der Waals surface area contributed by atoms with Crippen LogP contribution in [0, 0.1) is 0 Å². The highest BCUT2D eigenvalue weighted by atomic mass is 16.5. The number of pyridine rings is 1. The van der Waals surface area contributed by atoms with E-state index in [2.05, 4.69) is 14.9 Å². The van der Waals surface area contributed by atoms with Crippen LogP contribution in [0.15, 0.2) is 29.3 Å². The molecule has 1 atom stereocenters. The Hall–Kier alpha value is -2.74.